The molecule has 3 aliphatic rings. The number of carbonyl (C=O) groups excluding carboxylic acids is 1. The summed E-state index contributed by atoms with van der Waals surface area (Å²) in [5, 5.41) is 12.0. The largest absolute Gasteiger partial charge is 0.379 e. The summed E-state index contributed by atoms with van der Waals surface area (Å²) < 4.78 is 13.2. The second-order valence-corrected chi connectivity index (χ2v) is 8.39. The first kappa shape index (κ1) is 18.8. The van der Waals surface area contributed by atoms with E-state index in [0.29, 0.717) is 39.4 Å². The van der Waals surface area contributed by atoms with Crippen LogP contribution in [0.3, 0.4) is 0 Å². The molecule has 0 spiro atoms. The molecule has 0 aromatic carbocycles. The van der Waals surface area contributed by atoms with E-state index in [2.05, 4.69) is 28.1 Å². The zero-order valence-corrected chi connectivity index (χ0v) is 17.5. The number of amides is 1. The highest BCUT2D eigenvalue weighted by Crippen LogP contribution is 2.39. The van der Waals surface area contributed by atoms with Crippen molar-refractivity contribution in [2.75, 3.05) is 42.8 Å². The highest BCUT2D eigenvalue weighted by atomic mass is 16.5. The van der Waals surface area contributed by atoms with Crippen molar-refractivity contribution in [1.82, 2.24) is 25.0 Å². The number of hydrogen-bond acceptors (Lipinski definition) is 7. The Kier molecular flexibility index (Phi) is 4.43. The van der Waals surface area contributed by atoms with Crippen LogP contribution in [0.15, 0.2) is 18.3 Å². The molecule has 3 aromatic heterocycles. The molecule has 31 heavy (non-hydrogen) atoms. The Bertz CT molecular complexity index is 1120. The molecule has 2 saturated heterocycles. The maximum absolute atomic E-state index is 13.2. The number of aromatic nitrogens is 5. The molecule has 6 heterocycles. The van der Waals surface area contributed by atoms with Gasteiger partial charge < -0.3 is 19.3 Å². The predicted molar refractivity (Wildman–Crippen MR) is 114 cm³/mol. The lowest BCUT2D eigenvalue weighted by Gasteiger charge is -2.35. The number of nitrogens with one attached hydrogen (secondary N) is 1. The van der Waals surface area contributed by atoms with Crippen LogP contribution in [0.5, 0.6) is 0 Å². The van der Waals surface area contributed by atoms with Crippen LogP contribution in [-0.4, -0.2) is 75.9 Å². The zero-order chi connectivity index (χ0) is 20.9. The Morgan fingerprint density at radius 3 is 2.87 bits per heavy atom. The van der Waals surface area contributed by atoms with E-state index in [1.165, 1.54) is 0 Å². The molecular formula is C21H25N7O3. The lowest BCUT2D eigenvalue weighted by molar-refractivity contribution is -0.119. The third-order valence-corrected chi connectivity index (χ3v) is 6.42. The number of morpholine rings is 1. The second kappa shape index (κ2) is 7.31. The summed E-state index contributed by atoms with van der Waals surface area (Å²) in [5.41, 5.74) is 4.13. The number of aromatic amines is 1. The van der Waals surface area contributed by atoms with Gasteiger partial charge in [0.05, 0.1) is 49.8 Å². The number of pyridine rings is 1. The highest BCUT2D eigenvalue weighted by Gasteiger charge is 2.35. The van der Waals surface area contributed by atoms with Gasteiger partial charge in [0.15, 0.2) is 0 Å². The Morgan fingerprint density at radius 2 is 2.10 bits per heavy atom. The van der Waals surface area contributed by atoms with Gasteiger partial charge in [-0.25, -0.2) is 4.98 Å². The predicted octanol–water partition coefficient (Wildman–Crippen LogP) is 1.57. The van der Waals surface area contributed by atoms with Crippen LogP contribution in [0.1, 0.15) is 19.8 Å². The molecule has 10 heteroatoms. The molecule has 2 fully saturated rings. The van der Waals surface area contributed by atoms with E-state index < -0.39 is 0 Å². The van der Waals surface area contributed by atoms with Gasteiger partial charge in [-0.3, -0.25) is 14.6 Å². The van der Waals surface area contributed by atoms with Crippen molar-refractivity contribution in [1.29, 1.82) is 0 Å². The van der Waals surface area contributed by atoms with Crippen molar-refractivity contribution in [3.05, 3.63) is 18.3 Å². The van der Waals surface area contributed by atoms with Crippen molar-refractivity contribution < 1.29 is 14.3 Å². The SMILES string of the molecule is C[C@@H]1COCCN1c1cc2c3c(n1)c(-c1ccn[nH]1)nn3CCC(=O)N2C1CCOC1. The highest BCUT2D eigenvalue weighted by molar-refractivity contribution is 6.06. The maximum Gasteiger partial charge on any atom is 0.229 e. The van der Waals surface area contributed by atoms with Gasteiger partial charge >= 0.3 is 0 Å². The number of H-pyrrole nitrogens is 1. The Morgan fingerprint density at radius 1 is 1.19 bits per heavy atom. The minimum Gasteiger partial charge on any atom is -0.379 e. The fraction of sp³-hybridized carbons (Fsp3) is 0.524. The summed E-state index contributed by atoms with van der Waals surface area (Å²) in [6.45, 7) is 5.96. The Labute approximate surface area is 179 Å². The molecule has 3 aliphatic heterocycles. The lowest BCUT2D eigenvalue weighted by atomic mass is 10.1. The summed E-state index contributed by atoms with van der Waals surface area (Å²) in [7, 11) is 0. The summed E-state index contributed by atoms with van der Waals surface area (Å²) in [6.07, 6.45) is 2.95. The summed E-state index contributed by atoms with van der Waals surface area (Å²) >= 11 is 0. The van der Waals surface area contributed by atoms with Crippen molar-refractivity contribution in [2.24, 2.45) is 0 Å². The summed E-state index contributed by atoms with van der Waals surface area (Å²) in [4.78, 5) is 22.5. The molecule has 0 saturated carbocycles. The molecule has 3 aromatic rings. The number of nitrogens with zero attached hydrogens (tertiary/aromatic N) is 6. The van der Waals surface area contributed by atoms with E-state index in [0.717, 1.165) is 46.9 Å². The smallest absolute Gasteiger partial charge is 0.229 e. The molecule has 1 unspecified atom stereocenters. The standard InChI is InChI=1S/C21H25N7O3/c1-13-11-31-9-7-26(13)17-10-16-21-20(23-17)19(15-2-5-22-24-15)25-27(21)6-3-18(29)28(16)14-4-8-30-12-14/h2,5,10,13-14H,3-4,6-9,11-12H2,1H3,(H,22,24)/t13-,14?/m1/s1. The fourth-order valence-corrected chi connectivity index (χ4v) is 4.86. The van der Waals surface area contributed by atoms with Crippen molar-refractivity contribution in [2.45, 2.75) is 38.4 Å². The van der Waals surface area contributed by atoms with Crippen molar-refractivity contribution >= 4 is 28.4 Å². The van der Waals surface area contributed by atoms with E-state index in [4.69, 9.17) is 19.6 Å². The first-order valence-corrected chi connectivity index (χ1v) is 10.9. The Hall–Kier alpha value is -2.98. The molecule has 0 radical (unpaired) electrons. The molecule has 10 nitrogen and oxygen atoms in total. The zero-order valence-electron chi connectivity index (χ0n) is 17.5. The van der Waals surface area contributed by atoms with Crippen LogP contribution < -0.4 is 9.80 Å². The van der Waals surface area contributed by atoms with Crippen LogP contribution in [0.25, 0.3) is 22.4 Å². The molecule has 0 aliphatic carbocycles. The average Bonchev–Trinajstić information content (AvgIpc) is 3.52. The Balaban J connectivity index is 1.60. The van der Waals surface area contributed by atoms with E-state index in [-0.39, 0.29) is 18.0 Å². The van der Waals surface area contributed by atoms with Crippen LogP contribution >= 0.6 is 0 Å². The van der Waals surface area contributed by atoms with E-state index in [1.54, 1.807) is 6.20 Å². The van der Waals surface area contributed by atoms with Crippen LogP contribution in [0.2, 0.25) is 0 Å². The maximum atomic E-state index is 13.2. The monoisotopic (exact) mass is 423 g/mol. The third kappa shape index (κ3) is 3.01. The van der Waals surface area contributed by atoms with Crippen LogP contribution in [0.4, 0.5) is 11.5 Å². The number of carbonyl (C=O) groups is 1. The number of hydrogen-bond donors (Lipinski definition) is 1. The van der Waals surface area contributed by atoms with Gasteiger partial charge in [-0.1, -0.05) is 0 Å². The minimum absolute atomic E-state index is 0.0325. The average molecular weight is 423 g/mol. The summed E-state index contributed by atoms with van der Waals surface area (Å²) in [6, 6.07) is 4.18. The van der Waals surface area contributed by atoms with Crippen LogP contribution in [-0.2, 0) is 20.8 Å². The molecule has 0 bridgehead atoms. The third-order valence-electron chi connectivity index (χ3n) is 6.42. The van der Waals surface area contributed by atoms with Gasteiger partial charge in [-0.05, 0) is 19.4 Å². The number of anilines is 2. The van der Waals surface area contributed by atoms with Gasteiger partial charge in [-0.15, -0.1) is 0 Å². The van der Waals surface area contributed by atoms with Crippen molar-refractivity contribution in [3.8, 4) is 11.4 Å². The van der Waals surface area contributed by atoms with Gasteiger partial charge in [0.1, 0.15) is 22.5 Å². The fourth-order valence-electron chi connectivity index (χ4n) is 4.86. The van der Waals surface area contributed by atoms with Gasteiger partial charge in [0.25, 0.3) is 0 Å². The molecule has 6 rings (SSSR count). The van der Waals surface area contributed by atoms with Crippen LogP contribution in [0, 0.1) is 0 Å². The minimum atomic E-state index is 0.0325. The lowest BCUT2D eigenvalue weighted by Crippen LogP contribution is -2.44. The summed E-state index contributed by atoms with van der Waals surface area (Å²) in [5.74, 6) is 0.954. The van der Waals surface area contributed by atoms with Gasteiger partial charge in [0, 0.05) is 31.8 Å². The van der Waals surface area contributed by atoms with E-state index in [9.17, 15) is 4.79 Å². The molecular weight excluding hydrogens is 398 g/mol. The van der Waals surface area contributed by atoms with E-state index in [1.807, 2.05) is 15.6 Å². The second-order valence-electron chi connectivity index (χ2n) is 8.39. The first-order valence-electron chi connectivity index (χ1n) is 10.9. The topological polar surface area (TPSA) is 101 Å². The van der Waals surface area contributed by atoms with Gasteiger partial charge in [-0.2, -0.15) is 10.2 Å². The number of aryl methyl sites for hydroxylation is 1. The molecule has 2 atom stereocenters. The quantitative estimate of drug-likeness (QED) is 0.682. The molecule has 1 amide bonds. The van der Waals surface area contributed by atoms with Crippen molar-refractivity contribution in [3.63, 3.8) is 0 Å². The molecule has 162 valence electrons. The number of rotatable bonds is 3. The first-order chi connectivity index (χ1) is 15.2. The molecule has 1 N–H and O–H groups in total. The van der Waals surface area contributed by atoms with E-state index >= 15 is 0 Å². The van der Waals surface area contributed by atoms with Gasteiger partial charge in [0.2, 0.25) is 5.91 Å². The normalized spacial score (nSPS) is 24.2. The number of ether oxygens (including phenoxy) is 2.